The maximum atomic E-state index is 13.7. The molecule has 0 spiro atoms. The van der Waals surface area contributed by atoms with Crippen molar-refractivity contribution in [1.29, 1.82) is 0 Å². The molecule has 9 nitrogen and oxygen atoms in total. The van der Waals surface area contributed by atoms with E-state index in [1.165, 1.54) is 6.07 Å². The number of amides is 1. The number of alkyl halides is 3. The maximum absolute atomic E-state index is 13.7. The van der Waals surface area contributed by atoms with Gasteiger partial charge < -0.3 is 20.7 Å². The van der Waals surface area contributed by atoms with E-state index in [0.29, 0.717) is 31.9 Å². The molecule has 2 aromatic rings. The number of benzene rings is 1. The monoisotopic (exact) mass is 541 g/mol. The Labute approximate surface area is 213 Å². The first-order chi connectivity index (χ1) is 17.4. The summed E-state index contributed by atoms with van der Waals surface area (Å²) in [6, 6.07) is 5.04. The van der Waals surface area contributed by atoms with Crippen LogP contribution < -0.4 is 16.0 Å². The summed E-state index contributed by atoms with van der Waals surface area (Å²) in [7, 11) is -2.65. The molecule has 0 bridgehead atoms. The Balaban J connectivity index is 1.49. The maximum Gasteiger partial charge on any atom is 0.417 e. The molecule has 1 aromatic heterocycles. The zero-order valence-electron chi connectivity index (χ0n) is 20.4. The molecule has 37 heavy (non-hydrogen) atoms. The molecule has 1 aromatic carbocycles. The number of nitrogens with two attached hydrogens (primary N) is 1. The van der Waals surface area contributed by atoms with Crippen LogP contribution in [-0.2, 0) is 32.6 Å². The van der Waals surface area contributed by atoms with Crippen LogP contribution in [0.2, 0.25) is 0 Å². The second-order valence-electron chi connectivity index (χ2n) is 10.1. The lowest BCUT2D eigenvalue weighted by atomic mass is 9.96. The van der Waals surface area contributed by atoms with Crippen molar-refractivity contribution in [3.63, 3.8) is 0 Å². The molecule has 202 valence electrons. The third-order valence-electron chi connectivity index (χ3n) is 7.50. The van der Waals surface area contributed by atoms with Gasteiger partial charge in [-0.15, -0.1) is 0 Å². The van der Waals surface area contributed by atoms with Gasteiger partial charge in [-0.25, -0.2) is 8.42 Å². The number of anilines is 1. The van der Waals surface area contributed by atoms with Crippen LogP contribution in [0.4, 0.5) is 19.0 Å². The van der Waals surface area contributed by atoms with E-state index in [1.807, 2.05) is 6.07 Å². The number of hydrogen-bond donors (Lipinski definition) is 2. The Kier molecular flexibility index (Phi) is 6.52. The van der Waals surface area contributed by atoms with Crippen LogP contribution in [-0.4, -0.2) is 60.8 Å². The van der Waals surface area contributed by atoms with E-state index < -0.39 is 49.3 Å². The Hall–Kier alpha value is -2.64. The van der Waals surface area contributed by atoms with E-state index >= 15 is 0 Å². The van der Waals surface area contributed by atoms with Gasteiger partial charge in [0.25, 0.3) is 0 Å². The van der Waals surface area contributed by atoms with Gasteiger partial charge in [-0.05, 0) is 44.2 Å². The van der Waals surface area contributed by atoms with Crippen LogP contribution in [0.15, 0.2) is 35.2 Å². The Morgan fingerprint density at radius 3 is 2.54 bits per heavy atom. The fourth-order valence-electron chi connectivity index (χ4n) is 5.22. The normalized spacial score (nSPS) is 24.3. The van der Waals surface area contributed by atoms with Crippen molar-refractivity contribution in [1.82, 2.24) is 15.1 Å². The third kappa shape index (κ3) is 5.08. The molecule has 13 heteroatoms. The fraction of sp³-hybridized carbons (Fsp3) is 0.583. The lowest BCUT2D eigenvalue weighted by molar-refractivity contribution is -0.139. The van der Waals surface area contributed by atoms with Gasteiger partial charge in [0.2, 0.25) is 5.91 Å². The average Bonchev–Trinajstić information content (AvgIpc) is 3.24. The molecular formula is C24H30F3N5O4S. The van der Waals surface area contributed by atoms with E-state index in [1.54, 1.807) is 16.6 Å². The van der Waals surface area contributed by atoms with Gasteiger partial charge in [0.15, 0.2) is 15.7 Å². The van der Waals surface area contributed by atoms with E-state index in [-0.39, 0.29) is 18.9 Å². The fourth-order valence-corrected chi connectivity index (χ4v) is 7.13. The van der Waals surface area contributed by atoms with Crippen LogP contribution >= 0.6 is 0 Å². The topological polar surface area (TPSA) is 120 Å². The molecule has 5 rings (SSSR count). The second kappa shape index (κ2) is 9.28. The first kappa shape index (κ1) is 26.0. The van der Waals surface area contributed by atoms with Gasteiger partial charge in [-0.1, -0.05) is 12.1 Å². The van der Waals surface area contributed by atoms with Crippen molar-refractivity contribution in [2.24, 2.45) is 12.8 Å². The molecular weight excluding hydrogens is 511 g/mol. The van der Waals surface area contributed by atoms with E-state index in [2.05, 4.69) is 10.4 Å². The average molecular weight is 542 g/mol. The molecule has 3 aliphatic rings. The van der Waals surface area contributed by atoms with Gasteiger partial charge in [0.05, 0.1) is 21.4 Å². The number of rotatable bonds is 6. The third-order valence-corrected chi connectivity index (χ3v) is 9.69. The predicted molar refractivity (Wildman–Crippen MR) is 128 cm³/mol. The summed E-state index contributed by atoms with van der Waals surface area (Å²) in [6.07, 6.45) is -2.20. The largest absolute Gasteiger partial charge is 0.417 e. The smallest absolute Gasteiger partial charge is 0.381 e. The first-order valence-electron chi connectivity index (χ1n) is 12.3. The standard InChI is InChI=1S/C24H30F3N5O4S/c1-31-18(15-6-10-36-11-7-15)13-21(30-31)32-14-16(12-19(32)22(33)29-23(28)8-9-23)37(34,35)20-5-3-2-4-17(20)24(25,26)27/h2-5,13,15-16,19H,6-12,14,28H2,1H3,(H,29,33)/t16-,19+/m1/s1. The molecule has 2 aliphatic heterocycles. The lowest BCUT2D eigenvalue weighted by Gasteiger charge is -2.25. The zero-order chi connectivity index (χ0) is 26.6. The summed E-state index contributed by atoms with van der Waals surface area (Å²) in [5, 5.41) is 6.11. The molecule has 0 unspecified atom stereocenters. The molecule has 1 amide bonds. The van der Waals surface area contributed by atoms with Gasteiger partial charge in [-0.2, -0.15) is 18.3 Å². The number of aromatic nitrogens is 2. The number of hydrogen-bond acceptors (Lipinski definition) is 7. The summed E-state index contributed by atoms with van der Waals surface area (Å²) in [5.41, 5.74) is 4.96. The van der Waals surface area contributed by atoms with Crippen molar-refractivity contribution in [2.45, 2.75) is 66.0 Å². The summed E-state index contributed by atoms with van der Waals surface area (Å²) >= 11 is 0. The minimum atomic E-state index is -4.84. The van der Waals surface area contributed by atoms with Crippen LogP contribution in [0.1, 0.15) is 49.3 Å². The summed E-state index contributed by atoms with van der Waals surface area (Å²) in [5.74, 6) is 0.153. The van der Waals surface area contributed by atoms with E-state index in [9.17, 15) is 26.4 Å². The minimum Gasteiger partial charge on any atom is -0.381 e. The molecule has 2 atom stereocenters. The van der Waals surface area contributed by atoms with Crippen molar-refractivity contribution < 1.29 is 31.1 Å². The van der Waals surface area contributed by atoms with Gasteiger partial charge in [0.1, 0.15) is 6.04 Å². The van der Waals surface area contributed by atoms with Crippen LogP contribution in [0, 0.1) is 0 Å². The van der Waals surface area contributed by atoms with E-state index in [4.69, 9.17) is 10.5 Å². The number of halogens is 3. The van der Waals surface area contributed by atoms with Crippen LogP contribution in [0.5, 0.6) is 0 Å². The Morgan fingerprint density at radius 1 is 1.22 bits per heavy atom. The molecule has 1 aliphatic carbocycles. The van der Waals surface area contributed by atoms with Crippen LogP contribution in [0.25, 0.3) is 0 Å². The van der Waals surface area contributed by atoms with Gasteiger partial charge in [0, 0.05) is 44.5 Å². The van der Waals surface area contributed by atoms with Crippen molar-refractivity contribution >= 4 is 21.6 Å². The Bertz CT molecular complexity index is 1290. The van der Waals surface area contributed by atoms with Crippen molar-refractivity contribution in [3.8, 4) is 0 Å². The van der Waals surface area contributed by atoms with Gasteiger partial charge >= 0.3 is 6.18 Å². The zero-order valence-corrected chi connectivity index (χ0v) is 21.2. The number of nitrogens with zero attached hydrogens (tertiary/aromatic N) is 3. The quantitative estimate of drug-likeness (QED) is 0.539. The number of sulfone groups is 1. The molecule has 2 saturated heterocycles. The Morgan fingerprint density at radius 2 is 1.89 bits per heavy atom. The minimum absolute atomic E-state index is 0.172. The molecule has 3 heterocycles. The van der Waals surface area contributed by atoms with Crippen molar-refractivity contribution in [2.75, 3.05) is 24.7 Å². The van der Waals surface area contributed by atoms with Crippen molar-refractivity contribution in [3.05, 3.63) is 41.6 Å². The molecule has 3 fully saturated rings. The SMILES string of the molecule is Cn1nc(N2C[C@H](S(=O)(=O)c3ccccc3C(F)(F)F)C[C@H]2C(=O)NC2(N)CC2)cc1C1CCOCC1. The van der Waals surface area contributed by atoms with E-state index in [0.717, 1.165) is 36.7 Å². The second-order valence-corrected chi connectivity index (χ2v) is 12.3. The highest BCUT2D eigenvalue weighted by molar-refractivity contribution is 7.92. The highest BCUT2D eigenvalue weighted by Crippen LogP contribution is 2.39. The number of aryl methyl sites for hydroxylation is 1. The number of carbonyl (C=O) groups is 1. The molecule has 0 radical (unpaired) electrons. The molecule has 1 saturated carbocycles. The summed E-state index contributed by atoms with van der Waals surface area (Å²) in [6.45, 7) is 1.07. The number of nitrogens with one attached hydrogen (secondary N) is 1. The summed E-state index contributed by atoms with van der Waals surface area (Å²) in [4.78, 5) is 14.1. The number of ether oxygens (including phenoxy) is 1. The summed E-state index contributed by atoms with van der Waals surface area (Å²) < 4.78 is 75.2. The van der Waals surface area contributed by atoms with Crippen LogP contribution in [0.3, 0.4) is 0 Å². The highest BCUT2D eigenvalue weighted by Gasteiger charge is 2.49. The highest BCUT2D eigenvalue weighted by atomic mass is 32.2. The first-order valence-corrected chi connectivity index (χ1v) is 13.8. The predicted octanol–water partition coefficient (Wildman–Crippen LogP) is 2.32. The van der Waals surface area contributed by atoms with Gasteiger partial charge in [-0.3, -0.25) is 9.48 Å². The number of carbonyl (C=O) groups excluding carboxylic acids is 1. The lowest BCUT2D eigenvalue weighted by Crippen LogP contribution is -2.51. The molecule has 3 N–H and O–H groups in total.